The first-order chi connectivity index (χ1) is 21.7. The minimum absolute atomic E-state index is 0.146. The maximum Gasteiger partial charge on any atom is 0.262 e. The standard InChI is InChI=1S/C38H29N5O/c1-2-42-34-26-32(43(30-19-11-5-12-20-30)31-21-13-6-14-22-31)24-23-29(34)25-33(38(42)44)37-40-35(27-15-7-3-8-16-27)39-36(41-37)28-17-9-4-10-18-28/h3-26H,2H2,1H3. The van der Waals surface area contributed by atoms with Gasteiger partial charge in [-0.2, -0.15) is 0 Å². The second-order valence-electron chi connectivity index (χ2n) is 10.4. The van der Waals surface area contributed by atoms with Gasteiger partial charge in [0.2, 0.25) is 0 Å². The summed E-state index contributed by atoms with van der Waals surface area (Å²) in [5, 5.41) is 0.925. The van der Waals surface area contributed by atoms with Crippen molar-refractivity contribution in [3.05, 3.63) is 156 Å². The van der Waals surface area contributed by atoms with Crippen LogP contribution in [-0.2, 0) is 6.54 Å². The van der Waals surface area contributed by atoms with Crippen molar-refractivity contribution in [2.24, 2.45) is 0 Å². The van der Waals surface area contributed by atoms with Crippen molar-refractivity contribution in [1.29, 1.82) is 0 Å². The minimum Gasteiger partial charge on any atom is -0.310 e. The van der Waals surface area contributed by atoms with Crippen molar-refractivity contribution >= 4 is 28.0 Å². The van der Waals surface area contributed by atoms with Gasteiger partial charge in [-0.05, 0) is 54.8 Å². The van der Waals surface area contributed by atoms with Gasteiger partial charge in [-0.1, -0.05) is 103 Å². The number of rotatable bonds is 7. The number of nitrogens with zero attached hydrogens (tertiary/aromatic N) is 5. The Labute approximate surface area is 255 Å². The van der Waals surface area contributed by atoms with Crippen molar-refractivity contribution < 1.29 is 0 Å². The molecule has 212 valence electrons. The zero-order valence-corrected chi connectivity index (χ0v) is 24.2. The second kappa shape index (κ2) is 11.8. The molecule has 7 rings (SSSR count). The fraction of sp³-hybridized carbons (Fsp3) is 0.0526. The normalized spacial score (nSPS) is 11.0. The molecule has 0 aliphatic carbocycles. The van der Waals surface area contributed by atoms with Crippen LogP contribution in [0.4, 0.5) is 17.1 Å². The first-order valence-corrected chi connectivity index (χ1v) is 14.6. The zero-order valence-electron chi connectivity index (χ0n) is 24.2. The molecule has 0 N–H and O–H groups in total. The predicted octanol–water partition coefficient (Wildman–Crippen LogP) is 8.68. The van der Waals surface area contributed by atoms with Crippen molar-refractivity contribution in [3.63, 3.8) is 0 Å². The molecule has 0 spiro atoms. The Morgan fingerprint density at radius 2 is 1.02 bits per heavy atom. The highest BCUT2D eigenvalue weighted by Gasteiger charge is 2.19. The third kappa shape index (κ3) is 5.14. The van der Waals surface area contributed by atoms with Crippen LogP contribution in [0.25, 0.3) is 45.1 Å². The lowest BCUT2D eigenvalue weighted by molar-refractivity contribution is 0.760. The average molecular weight is 572 g/mol. The largest absolute Gasteiger partial charge is 0.310 e. The number of hydrogen-bond donors (Lipinski definition) is 0. The third-order valence-electron chi connectivity index (χ3n) is 7.62. The Hall–Kier alpha value is -5.88. The van der Waals surface area contributed by atoms with Crippen LogP contribution >= 0.6 is 0 Å². The molecular formula is C38H29N5O. The summed E-state index contributed by atoms with van der Waals surface area (Å²) in [7, 11) is 0. The molecule has 2 heterocycles. The minimum atomic E-state index is -0.146. The maximum absolute atomic E-state index is 14.2. The van der Waals surface area contributed by atoms with E-state index in [4.69, 9.17) is 15.0 Å². The van der Waals surface area contributed by atoms with Gasteiger partial charge in [0.25, 0.3) is 5.56 Å². The number of benzene rings is 5. The van der Waals surface area contributed by atoms with E-state index in [1.807, 2.05) is 110 Å². The van der Waals surface area contributed by atoms with E-state index in [2.05, 4.69) is 47.4 Å². The highest BCUT2D eigenvalue weighted by Crippen LogP contribution is 2.36. The molecule has 44 heavy (non-hydrogen) atoms. The lowest BCUT2D eigenvalue weighted by atomic mass is 10.1. The molecule has 2 aromatic heterocycles. The van der Waals surface area contributed by atoms with E-state index in [1.165, 1.54) is 0 Å². The summed E-state index contributed by atoms with van der Waals surface area (Å²) >= 11 is 0. The number of aromatic nitrogens is 4. The number of aryl methyl sites for hydroxylation is 1. The molecule has 7 aromatic rings. The number of para-hydroxylation sites is 2. The molecule has 0 amide bonds. The molecule has 0 saturated heterocycles. The molecule has 0 saturated carbocycles. The molecule has 0 aliphatic heterocycles. The van der Waals surface area contributed by atoms with Crippen LogP contribution in [0.1, 0.15) is 6.92 Å². The van der Waals surface area contributed by atoms with E-state index in [1.54, 1.807) is 4.57 Å². The first kappa shape index (κ1) is 27.0. The van der Waals surface area contributed by atoms with E-state index in [9.17, 15) is 4.79 Å². The van der Waals surface area contributed by atoms with Gasteiger partial charge in [0.15, 0.2) is 17.5 Å². The van der Waals surface area contributed by atoms with Crippen LogP contribution < -0.4 is 10.5 Å². The van der Waals surface area contributed by atoms with E-state index in [0.29, 0.717) is 29.6 Å². The smallest absolute Gasteiger partial charge is 0.262 e. The summed E-state index contributed by atoms with van der Waals surface area (Å²) in [6, 6.07) is 48.2. The highest BCUT2D eigenvalue weighted by molar-refractivity contribution is 5.89. The van der Waals surface area contributed by atoms with E-state index in [0.717, 1.165) is 39.1 Å². The van der Waals surface area contributed by atoms with Gasteiger partial charge < -0.3 is 9.47 Å². The summed E-state index contributed by atoms with van der Waals surface area (Å²) in [5.74, 6) is 1.40. The molecule has 0 bridgehead atoms. The Bertz CT molecular complexity index is 2020. The van der Waals surface area contributed by atoms with Crippen LogP contribution in [0.15, 0.2) is 150 Å². The fourth-order valence-electron chi connectivity index (χ4n) is 5.50. The van der Waals surface area contributed by atoms with Crippen molar-refractivity contribution in [2.45, 2.75) is 13.5 Å². The molecule has 6 heteroatoms. The van der Waals surface area contributed by atoms with Crippen LogP contribution in [0, 0.1) is 0 Å². The summed E-state index contributed by atoms with van der Waals surface area (Å²) in [4.78, 5) is 30.8. The van der Waals surface area contributed by atoms with Gasteiger partial charge in [0.05, 0.1) is 11.1 Å². The monoisotopic (exact) mass is 571 g/mol. The number of fused-ring (bicyclic) bond motifs is 1. The van der Waals surface area contributed by atoms with Gasteiger partial charge in [-0.3, -0.25) is 4.79 Å². The molecule has 0 aliphatic rings. The Morgan fingerprint density at radius 3 is 1.52 bits per heavy atom. The van der Waals surface area contributed by atoms with Gasteiger partial charge in [0.1, 0.15) is 0 Å². The molecule has 0 atom stereocenters. The maximum atomic E-state index is 14.2. The van der Waals surface area contributed by atoms with Crippen molar-refractivity contribution in [2.75, 3.05) is 4.90 Å². The van der Waals surface area contributed by atoms with Crippen LogP contribution in [-0.4, -0.2) is 19.5 Å². The predicted molar refractivity (Wildman–Crippen MR) is 178 cm³/mol. The van der Waals surface area contributed by atoms with Gasteiger partial charge in [-0.15, -0.1) is 0 Å². The highest BCUT2D eigenvalue weighted by atomic mass is 16.1. The Morgan fingerprint density at radius 1 is 0.545 bits per heavy atom. The van der Waals surface area contributed by atoms with Crippen molar-refractivity contribution in [3.8, 4) is 34.2 Å². The summed E-state index contributed by atoms with van der Waals surface area (Å²) in [6.07, 6.45) is 0. The molecule has 0 radical (unpaired) electrons. The number of pyridine rings is 1. The van der Waals surface area contributed by atoms with Crippen LogP contribution in [0.2, 0.25) is 0 Å². The van der Waals surface area contributed by atoms with Gasteiger partial charge in [-0.25, -0.2) is 15.0 Å². The van der Waals surface area contributed by atoms with Crippen molar-refractivity contribution in [1.82, 2.24) is 19.5 Å². The van der Waals surface area contributed by atoms with Gasteiger partial charge in [0, 0.05) is 34.7 Å². The summed E-state index contributed by atoms with van der Waals surface area (Å²) in [5.41, 5.74) is 5.88. The fourth-order valence-corrected chi connectivity index (χ4v) is 5.50. The molecule has 0 fully saturated rings. The second-order valence-corrected chi connectivity index (χ2v) is 10.4. The van der Waals surface area contributed by atoms with Crippen LogP contribution in [0.3, 0.4) is 0 Å². The molecular weight excluding hydrogens is 542 g/mol. The molecule has 0 unspecified atom stereocenters. The Kier molecular flexibility index (Phi) is 7.22. The van der Waals surface area contributed by atoms with Gasteiger partial charge >= 0.3 is 0 Å². The third-order valence-corrected chi connectivity index (χ3v) is 7.62. The average Bonchev–Trinajstić information content (AvgIpc) is 3.10. The van der Waals surface area contributed by atoms with E-state index >= 15 is 0 Å². The SMILES string of the molecule is CCn1c(=O)c(-c2nc(-c3ccccc3)nc(-c3ccccc3)n2)cc2ccc(N(c3ccccc3)c3ccccc3)cc21. The summed E-state index contributed by atoms with van der Waals surface area (Å²) < 4.78 is 1.80. The topological polar surface area (TPSA) is 63.9 Å². The summed E-state index contributed by atoms with van der Waals surface area (Å²) in [6.45, 7) is 2.48. The zero-order chi connectivity index (χ0) is 29.9. The lowest BCUT2D eigenvalue weighted by Crippen LogP contribution is -2.22. The first-order valence-electron chi connectivity index (χ1n) is 14.6. The number of hydrogen-bond acceptors (Lipinski definition) is 5. The lowest BCUT2D eigenvalue weighted by Gasteiger charge is -2.26. The number of anilines is 3. The van der Waals surface area contributed by atoms with Crippen LogP contribution in [0.5, 0.6) is 0 Å². The molecule has 5 aromatic carbocycles. The Balaban J connectivity index is 1.41. The van der Waals surface area contributed by atoms with E-state index in [-0.39, 0.29) is 5.56 Å². The molecule has 6 nitrogen and oxygen atoms in total. The van der Waals surface area contributed by atoms with E-state index < -0.39 is 0 Å². The quantitative estimate of drug-likeness (QED) is 0.192.